The summed E-state index contributed by atoms with van der Waals surface area (Å²) < 4.78 is 0. The fourth-order valence-electron chi connectivity index (χ4n) is 0.621. The maximum Gasteiger partial charge on any atom is 0.326 e. The van der Waals surface area contributed by atoms with E-state index in [-0.39, 0.29) is 12.3 Å². The lowest BCUT2D eigenvalue weighted by molar-refractivity contribution is -0.141. The summed E-state index contributed by atoms with van der Waals surface area (Å²) in [7, 11) is 0. The van der Waals surface area contributed by atoms with Crippen molar-refractivity contribution in [2.45, 2.75) is 12.5 Å². The van der Waals surface area contributed by atoms with Crippen LogP contribution in [0.15, 0.2) is 12.7 Å². The Balaban J connectivity index is 4.03. The van der Waals surface area contributed by atoms with E-state index < -0.39 is 17.9 Å². The van der Waals surface area contributed by atoms with Gasteiger partial charge in [0.15, 0.2) is 0 Å². The minimum atomic E-state index is -1.09. The number of carbonyl (C=O) groups excluding carboxylic acids is 1. The molecule has 0 aliphatic carbocycles. The summed E-state index contributed by atoms with van der Waals surface area (Å²) in [6.45, 7) is 3.37. The topological polar surface area (TPSA) is 66.4 Å². The van der Waals surface area contributed by atoms with Crippen LogP contribution in [0.1, 0.15) is 6.42 Å². The molecule has 0 fully saturated rings. The van der Waals surface area contributed by atoms with Crippen LogP contribution in [0.25, 0.3) is 0 Å². The van der Waals surface area contributed by atoms with Gasteiger partial charge in [0.05, 0.1) is 0 Å². The molecule has 5 heteroatoms. The van der Waals surface area contributed by atoms with Gasteiger partial charge in [0.1, 0.15) is 11.9 Å². The number of aliphatic carboxylic acids is 1. The largest absolute Gasteiger partial charge is 0.480 e. The molecule has 12 heavy (non-hydrogen) atoms. The molecule has 4 nitrogen and oxygen atoms in total. The van der Waals surface area contributed by atoms with Gasteiger partial charge in [0.2, 0.25) is 5.91 Å². The fourth-order valence-corrected chi connectivity index (χ4v) is 0.698. The third-order valence-corrected chi connectivity index (χ3v) is 1.40. The van der Waals surface area contributed by atoms with Crippen LogP contribution in [0.5, 0.6) is 0 Å². The van der Waals surface area contributed by atoms with E-state index in [9.17, 15) is 9.59 Å². The molecule has 0 aromatic carbocycles. The van der Waals surface area contributed by atoms with Crippen molar-refractivity contribution in [3.63, 3.8) is 0 Å². The summed E-state index contributed by atoms with van der Waals surface area (Å²) in [6, 6.07) is -0.922. The molecular formula is C7H10ClNO3. The fraction of sp³-hybridized carbons (Fsp3) is 0.429. The number of carboxylic acid groups (broad SMARTS) is 1. The second-order valence-corrected chi connectivity index (χ2v) is 2.38. The normalized spacial score (nSPS) is 11.8. The van der Waals surface area contributed by atoms with E-state index in [0.717, 1.165) is 0 Å². The van der Waals surface area contributed by atoms with Gasteiger partial charge in [-0.2, -0.15) is 0 Å². The van der Waals surface area contributed by atoms with Crippen LogP contribution in [0, 0.1) is 0 Å². The highest BCUT2D eigenvalue weighted by atomic mass is 35.5. The third kappa shape index (κ3) is 3.98. The molecular weight excluding hydrogens is 182 g/mol. The monoisotopic (exact) mass is 191 g/mol. The number of hydrogen-bond donors (Lipinski definition) is 2. The van der Waals surface area contributed by atoms with E-state index in [1.54, 1.807) is 0 Å². The van der Waals surface area contributed by atoms with Crippen LogP contribution in [-0.2, 0) is 9.59 Å². The van der Waals surface area contributed by atoms with Crippen molar-refractivity contribution in [1.82, 2.24) is 5.32 Å². The number of amides is 1. The number of carbonyl (C=O) groups is 2. The van der Waals surface area contributed by atoms with E-state index in [0.29, 0.717) is 0 Å². The predicted octanol–water partition coefficient (Wildman–Crippen LogP) is 0.371. The van der Waals surface area contributed by atoms with Crippen LogP contribution < -0.4 is 5.32 Å². The summed E-state index contributed by atoms with van der Waals surface area (Å²) >= 11 is 5.17. The molecule has 0 aromatic heterocycles. The summed E-state index contributed by atoms with van der Waals surface area (Å²) in [6.07, 6.45) is 1.62. The maximum atomic E-state index is 10.7. The van der Waals surface area contributed by atoms with Gasteiger partial charge >= 0.3 is 5.97 Å². The SMILES string of the molecule is C=CCC(NC(=O)CCl)C(=O)O. The Morgan fingerprint density at radius 1 is 1.67 bits per heavy atom. The quantitative estimate of drug-likeness (QED) is 0.488. The lowest BCUT2D eigenvalue weighted by Gasteiger charge is -2.10. The smallest absolute Gasteiger partial charge is 0.326 e. The minimum absolute atomic E-state index is 0.192. The van der Waals surface area contributed by atoms with Crippen molar-refractivity contribution in [2.75, 3.05) is 5.88 Å². The summed E-state index contributed by atoms with van der Waals surface area (Å²) in [5.74, 6) is -1.82. The number of alkyl halides is 1. The van der Waals surface area contributed by atoms with Gasteiger partial charge in [0, 0.05) is 0 Å². The molecule has 68 valence electrons. The van der Waals surface area contributed by atoms with Gasteiger partial charge in [0.25, 0.3) is 0 Å². The highest BCUT2D eigenvalue weighted by molar-refractivity contribution is 6.27. The molecule has 0 aromatic rings. The second-order valence-electron chi connectivity index (χ2n) is 2.12. The van der Waals surface area contributed by atoms with Crippen LogP contribution in [0.3, 0.4) is 0 Å². The first-order chi connectivity index (χ1) is 5.61. The Bertz CT molecular complexity index is 193. The average Bonchev–Trinajstić information content (AvgIpc) is 2.03. The number of halogens is 1. The molecule has 1 atom stereocenters. The van der Waals surface area contributed by atoms with Crippen LogP contribution in [-0.4, -0.2) is 28.9 Å². The predicted molar refractivity (Wildman–Crippen MR) is 45.1 cm³/mol. The Hall–Kier alpha value is -1.03. The standard InChI is InChI=1S/C7H10ClNO3/c1-2-3-5(7(11)12)9-6(10)4-8/h2,5H,1,3-4H2,(H,9,10)(H,11,12). The summed E-state index contributed by atoms with van der Waals surface area (Å²) in [4.78, 5) is 21.1. The number of carboxylic acids is 1. The minimum Gasteiger partial charge on any atom is -0.480 e. The summed E-state index contributed by atoms with van der Waals surface area (Å²) in [5.41, 5.74) is 0. The molecule has 2 N–H and O–H groups in total. The number of hydrogen-bond acceptors (Lipinski definition) is 2. The lowest BCUT2D eigenvalue weighted by atomic mass is 10.2. The number of rotatable bonds is 5. The Kier molecular flexibility index (Phi) is 5.12. The van der Waals surface area contributed by atoms with Gasteiger partial charge in [-0.25, -0.2) is 4.79 Å². The molecule has 0 aliphatic rings. The zero-order valence-electron chi connectivity index (χ0n) is 6.42. The number of nitrogens with one attached hydrogen (secondary N) is 1. The average molecular weight is 192 g/mol. The van der Waals surface area contributed by atoms with Gasteiger partial charge in [-0.1, -0.05) is 6.08 Å². The molecule has 1 amide bonds. The van der Waals surface area contributed by atoms with Crippen LogP contribution in [0.2, 0.25) is 0 Å². The molecule has 0 radical (unpaired) electrons. The lowest BCUT2D eigenvalue weighted by Crippen LogP contribution is -2.40. The highest BCUT2D eigenvalue weighted by Crippen LogP contribution is 1.93. The highest BCUT2D eigenvalue weighted by Gasteiger charge is 2.16. The second kappa shape index (κ2) is 5.60. The molecule has 0 heterocycles. The first-order valence-corrected chi connectivity index (χ1v) is 3.84. The molecule has 0 bridgehead atoms. The third-order valence-electron chi connectivity index (χ3n) is 1.16. The molecule has 0 saturated carbocycles. The zero-order valence-corrected chi connectivity index (χ0v) is 7.17. The molecule has 0 rings (SSSR count). The van der Waals surface area contributed by atoms with E-state index >= 15 is 0 Å². The molecule has 1 unspecified atom stereocenters. The van der Waals surface area contributed by atoms with E-state index in [4.69, 9.17) is 16.7 Å². The van der Waals surface area contributed by atoms with Gasteiger partial charge in [-0.15, -0.1) is 18.2 Å². The Morgan fingerprint density at radius 2 is 2.25 bits per heavy atom. The van der Waals surface area contributed by atoms with E-state index in [1.807, 2.05) is 0 Å². The van der Waals surface area contributed by atoms with Crippen molar-refractivity contribution in [3.8, 4) is 0 Å². The maximum absolute atomic E-state index is 10.7. The van der Waals surface area contributed by atoms with Crippen LogP contribution in [0.4, 0.5) is 0 Å². The molecule has 0 saturated heterocycles. The zero-order chi connectivity index (χ0) is 9.56. The van der Waals surface area contributed by atoms with Crippen molar-refractivity contribution in [2.24, 2.45) is 0 Å². The van der Waals surface area contributed by atoms with Crippen LogP contribution >= 0.6 is 11.6 Å². The first-order valence-electron chi connectivity index (χ1n) is 3.30. The van der Waals surface area contributed by atoms with Crippen molar-refractivity contribution < 1.29 is 14.7 Å². The van der Waals surface area contributed by atoms with Gasteiger partial charge < -0.3 is 10.4 Å². The first kappa shape index (κ1) is 11.0. The van der Waals surface area contributed by atoms with E-state index in [1.165, 1.54) is 6.08 Å². The van der Waals surface area contributed by atoms with Crippen molar-refractivity contribution in [3.05, 3.63) is 12.7 Å². The Morgan fingerprint density at radius 3 is 2.58 bits per heavy atom. The van der Waals surface area contributed by atoms with Crippen molar-refractivity contribution >= 4 is 23.5 Å². The van der Waals surface area contributed by atoms with E-state index in [2.05, 4.69) is 11.9 Å². The molecule has 0 spiro atoms. The van der Waals surface area contributed by atoms with Crippen molar-refractivity contribution in [1.29, 1.82) is 0 Å². The molecule has 0 aliphatic heterocycles. The van der Waals surface area contributed by atoms with Gasteiger partial charge in [-0.3, -0.25) is 4.79 Å². The summed E-state index contributed by atoms with van der Waals surface area (Å²) in [5, 5.41) is 10.8. The van der Waals surface area contributed by atoms with Gasteiger partial charge in [-0.05, 0) is 6.42 Å². The Labute approximate surface area is 75.2 Å².